The summed E-state index contributed by atoms with van der Waals surface area (Å²) >= 11 is 1.42. The number of nitrogens with zero attached hydrogens (tertiary/aromatic N) is 2. The van der Waals surface area contributed by atoms with E-state index in [9.17, 15) is 9.59 Å². The number of nitrogens with one attached hydrogen (secondary N) is 1. The molecule has 1 aliphatic heterocycles. The van der Waals surface area contributed by atoms with Crippen molar-refractivity contribution in [2.75, 3.05) is 33.4 Å². The van der Waals surface area contributed by atoms with Crippen LogP contribution >= 0.6 is 11.3 Å². The number of fused-ring (bicyclic) bond motifs is 1. The Kier molecular flexibility index (Phi) is 5.81. The number of amides is 2. The molecule has 0 spiro atoms. The summed E-state index contributed by atoms with van der Waals surface area (Å²) in [6.45, 7) is 8.15. The number of methoxy groups -OCH3 is 1. The molecule has 0 saturated carbocycles. The normalized spacial score (nSPS) is 17.5. The molecule has 2 aromatic rings. The molecule has 146 valence electrons. The maximum atomic E-state index is 12.8. The van der Waals surface area contributed by atoms with Gasteiger partial charge in [0.2, 0.25) is 5.91 Å². The molecule has 2 aromatic heterocycles. The average molecular weight is 390 g/mol. The summed E-state index contributed by atoms with van der Waals surface area (Å²) in [4.78, 5) is 33.4. The molecule has 0 bridgehead atoms. The molecule has 27 heavy (non-hydrogen) atoms. The maximum Gasteiger partial charge on any atom is 0.261 e. The van der Waals surface area contributed by atoms with E-state index in [0.717, 1.165) is 28.7 Å². The third-order valence-electron chi connectivity index (χ3n) is 4.83. The Morgan fingerprint density at radius 2 is 2.19 bits per heavy atom. The van der Waals surface area contributed by atoms with E-state index in [4.69, 9.17) is 4.74 Å². The monoisotopic (exact) mass is 389 g/mol. The van der Waals surface area contributed by atoms with Crippen molar-refractivity contribution in [3.05, 3.63) is 28.8 Å². The van der Waals surface area contributed by atoms with E-state index in [2.05, 4.69) is 10.3 Å². The number of hydrogen-bond acceptors (Lipinski definition) is 5. The Bertz CT molecular complexity index is 841. The SMILES string of the molecule is COCCNC(=O)c1sc2ncccc2c1[C@H]1CCN(C(=O)C(C)(C)C)C1. The molecule has 0 aromatic carbocycles. The number of carbonyl (C=O) groups is 2. The lowest BCUT2D eigenvalue weighted by molar-refractivity contribution is -0.138. The summed E-state index contributed by atoms with van der Waals surface area (Å²) in [7, 11) is 1.61. The van der Waals surface area contributed by atoms with E-state index in [1.807, 2.05) is 37.8 Å². The molecule has 3 rings (SSSR count). The van der Waals surface area contributed by atoms with E-state index >= 15 is 0 Å². The summed E-state index contributed by atoms with van der Waals surface area (Å²) in [6, 6.07) is 3.92. The highest BCUT2D eigenvalue weighted by Crippen LogP contribution is 2.40. The minimum Gasteiger partial charge on any atom is -0.383 e. The molecule has 1 atom stereocenters. The second kappa shape index (κ2) is 7.94. The molecule has 0 unspecified atom stereocenters. The third-order valence-corrected chi connectivity index (χ3v) is 5.96. The minimum atomic E-state index is -0.395. The van der Waals surface area contributed by atoms with E-state index < -0.39 is 5.41 Å². The summed E-state index contributed by atoms with van der Waals surface area (Å²) in [6.07, 6.45) is 2.61. The van der Waals surface area contributed by atoms with Gasteiger partial charge < -0.3 is 15.0 Å². The van der Waals surface area contributed by atoms with Gasteiger partial charge in [0, 0.05) is 49.7 Å². The Hall–Kier alpha value is -1.99. The molecule has 1 fully saturated rings. The fraction of sp³-hybridized carbons (Fsp3) is 0.550. The highest BCUT2D eigenvalue weighted by Gasteiger charge is 2.36. The van der Waals surface area contributed by atoms with Crippen molar-refractivity contribution in [3.63, 3.8) is 0 Å². The molecule has 1 saturated heterocycles. The van der Waals surface area contributed by atoms with Crippen LogP contribution in [0.1, 0.15) is 48.3 Å². The topological polar surface area (TPSA) is 71.5 Å². The molecule has 1 N–H and O–H groups in total. The first-order chi connectivity index (χ1) is 12.8. The zero-order chi connectivity index (χ0) is 19.6. The summed E-state index contributed by atoms with van der Waals surface area (Å²) in [5.74, 6) is 0.219. The van der Waals surface area contributed by atoms with E-state index in [1.54, 1.807) is 13.3 Å². The number of ether oxygens (including phenoxy) is 1. The number of hydrogen-bond donors (Lipinski definition) is 1. The van der Waals surface area contributed by atoms with Crippen molar-refractivity contribution in [3.8, 4) is 0 Å². The first kappa shape index (κ1) is 19.8. The van der Waals surface area contributed by atoms with Gasteiger partial charge in [-0.25, -0.2) is 4.98 Å². The molecule has 6 nitrogen and oxygen atoms in total. The van der Waals surface area contributed by atoms with Crippen LogP contribution in [0.25, 0.3) is 10.2 Å². The van der Waals surface area contributed by atoms with Gasteiger partial charge in [-0.2, -0.15) is 0 Å². The van der Waals surface area contributed by atoms with E-state index in [-0.39, 0.29) is 17.7 Å². The van der Waals surface area contributed by atoms with Crippen molar-refractivity contribution >= 4 is 33.4 Å². The molecular weight excluding hydrogens is 362 g/mol. The van der Waals surface area contributed by atoms with Crippen LogP contribution in [-0.2, 0) is 9.53 Å². The maximum absolute atomic E-state index is 12.8. The highest BCUT2D eigenvalue weighted by molar-refractivity contribution is 7.20. The quantitative estimate of drug-likeness (QED) is 0.798. The third kappa shape index (κ3) is 4.14. The first-order valence-corrected chi connectivity index (χ1v) is 10.1. The lowest BCUT2D eigenvalue weighted by Gasteiger charge is -2.25. The standard InChI is InChI=1S/C20H27N3O3S/c1-20(2,3)19(25)23-10-7-13(12-23)15-14-6-5-8-22-18(14)27-16(15)17(24)21-9-11-26-4/h5-6,8,13H,7,9-12H2,1-4H3,(H,21,24)/t13-/m0/s1. The number of carbonyl (C=O) groups excluding carboxylic acids is 2. The second-order valence-corrected chi connectivity index (χ2v) is 8.94. The largest absolute Gasteiger partial charge is 0.383 e. The fourth-order valence-corrected chi connectivity index (χ4v) is 4.67. The summed E-state index contributed by atoms with van der Waals surface area (Å²) < 4.78 is 5.02. The molecule has 2 amide bonds. The van der Waals surface area contributed by atoms with Gasteiger partial charge in [0.15, 0.2) is 0 Å². The highest BCUT2D eigenvalue weighted by atomic mass is 32.1. The molecular formula is C20H27N3O3S. The zero-order valence-corrected chi connectivity index (χ0v) is 17.2. The molecule has 0 radical (unpaired) electrons. The van der Waals surface area contributed by atoms with Crippen LogP contribution in [0.3, 0.4) is 0 Å². The molecule has 3 heterocycles. The number of likely N-dealkylation sites (tertiary alicyclic amines) is 1. The van der Waals surface area contributed by atoms with Gasteiger partial charge in [0.1, 0.15) is 4.83 Å². The lowest BCUT2D eigenvalue weighted by atomic mass is 9.94. The number of aromatic nitrogens is 1. The van der Waals surface area contributed by atoms with Crippen LogP contribution in [-0.4, -0.2) is 55.0 Å². The van der Waals surface area contributed by atoms with Crippen molar-refractivity contribution in [1.82, 2.24) is 15.2 Å². The minimum absolute atomic E-state index is 0.0920. The van der Waals surface area contributed by atoms with Gasteiger partial charge in [0.05, 0.1) is 11.5 Å². The van der Waals surface area contributed by atoms with Gasteiger partial charge in [-0.1, -0.05) is 26.8 Å². The lowest BCUT2D eigenvalue weighted by Crippen LogP contribution is -2.37. The van der Waals surface area contributed by atoms with Crippen LogP contribution in [0.15, 0.2) is 18.3 Å². The Morgan fingerprint density at radius 3 is 2.89 bits per heavy atom. The fourth-order valence-electron chi connectivity index (χ4n) is 3.53. The van der Waals surface area contributed by atoms with Crippen LogP contribution in [0, 0.1) is 5.41 Å². The van der Waals surface area contributed by atoms with Crippen LogP contribution in [0.2, 0.25) is 0 Å². The van der Waals surface area contributed by atoms with Crippen molar-refractivity contribution in [2.45, 2.75) is 33.1 Å². The molecule has 1 aliphatic rings. The Morgan fingerprint density at radius 1 is 1.41 bits per heavy atom. The van der Waals surface area contributed by atoms with Crippen LogP contribution < -0.4 is 5.32 Å². The van der Waals surface area contributed by atoms with Crippen molar-refractivity contribution < 1.29 is 14.3 Å². The average Bonchev–Trinajstić information content (AvgIpc) is 3.24. The van der Waals surface area contributed by atoms with Gasteiger partial charge >= 0.3 is 0 Å². The second-order valence-electron chi connectivity index (χ2n) is 7.94. The van der Waals surface area contributed by atoms with Gasteiger partial charge in [-0.05, 0) is 18.1 Å². The smallest absolute Gasteiger partial charge is 0.261 e. The molecule has 7 heteroatoms. The zero-order valence-electron chi connectivity index (χ0n) is 16.4. The summed E-state index contributed by atoms with van der Waals surface area (Å²) in [5, 5.41) is 3.94. The van der Waals surface area contributed by atoms with Crippen molar-refractivity contribution in [1.29, 1.82) is 0 Å². The predicted molar refractivity (Wildman–Crippen MR) is 107 cm³/mol. The Balaban J connectivity index is 1.90. The van der Waals surface area contributed by atoms with E-state index in [1.165, 1.54) is 11.3 Å². The van der Waals surface area contributed by atoms with Crippen LogP contribution in [0.5, 0.6) is 0 Å². The number of pyridine rings is 1. The van der Waals surface area contributed by atoms with Gasteiger partial charge in [0.25, 0.3) is 5.91 Å². The van der Waals surface area contributed by atoms with Crippen molar-refractivity contribution in [2.24, 2.45) is 5.41 Å². The summed E-state index contributed by atoms with van der Waals surface area (Å²) in [5.41, 5.74) is 0.635. The Labute approximate surface area is 163 Å². The van der Waals surface area contributed by atoms with Gasteiger partial charge in [-0.15, -0.1) is 11.3 Å². The van der Waals surface area contributed by atoms with Gasteiger partial charge in [-0.3, -0.25) is 9.59 Å². The van der Waals surface area contributed by atoms with E-state index in [0.29, 0.717) is 24.6 Å². The number of thiophene rings is 1. The van der Waals surface area contributed by atoms with Crippen LogP contribution in [0.4, 0.5) is 0 Å². The molecule has 0 aliphatic carbocycles. The predicted octanol–water partition coefficient (Wildman–Crippen LogP) is 3.03. The number of rotatable bonds is 5. The first-order valence-electron chi connectivity index (χ1n) is 9.27.